The Morgan fingerprint density at radius 2 is 2.18 bits per heavy atom. The van der Waals surface area contributed by atoms with Gasteiger partial charge >= 0.3 is 0 Å². The van der Waals surface area contributed by atoms with Crippen LogP contribution >= 0.6 is 0 Å². The van der Waals surface area contributed by atoms with Crippen LogP contribution in [-0.2, 0) is 6.42 Å². The first-order valence-electron chi connectivity index (χ1n) is 6.02. The minimum atomic E-state index is 0.189. The maximum absolute atomic E-state index is 6.06. The lowest BCUT2D eigenvalue weighted by Crippen LogP contribution is -2.23. The van der Waals surface area contributed by atoms with Crippen LogP contribution < -0.4 is 10.6 Å². The van der Waals surface area contributed by atoms with Gasteiger partial charge in [-0.05, 0) is 18.6 Å². The highest BCUT2D eigenvalue weighted by Crippen LogP contribution is 2.21. The summed E-state index contributed by atoms with van der Waals surface area (Å²) >= 11 is 0. The van der Waals surface area contributed by atoms with E-state index in [1.165, 1.54) is 5.69 Å². The summed E-state index contributed by atoms with van der Waals surface area (Å²) in [6.07, 6.45) is 3.88. The zero-order chi connectivity index (χ0) is 12.4. The van der Waals surface area contributed by atoms with E-state index in [2.05, 4.69) is 16.3 Å². The van der Waals surface area contributed by atoms with Crippen LogP contribution in [0.2, 0.25) is 0 Å². The third kappa shape index (κ3) is 2.26. The summed E-state index contributed by atoms with van der Waals surface area (Å²) in [5, 5.41) is 0. The lowest BCUT2D eigenvalue weighted by molar-refractivity contribution is 0.633. The number of imidazole rings is 1. The zero-order valence-corrected chi connectivity index (χ0v) is 10.7. The highest BCUT2D eigenvalue weighted by Gasteiger charge is 2.15. The zero-order valence-electron chi connectivity index (χ0n) is 10.7. The molecule has 0 fully saturated rings. The summed E-state index contributed by atoms with van der Waals surface area (Å²) in [4.78, 5) is 6.68. The van der Waals surface area contributed by atoms with Crippen molar-refractivity contribution in [3.63, 3.8) is 0 Å². The molecule has 92 valence electrons. The third-order valence-electron chi connectivity index (χ3n) is 3.01. The van der Waals surface area contributed by atoms with Crippen LogP contribution in [0.4, 0.5) is 5.82 Å². The second kappa shape index (κ2) is 4.75. The van der Waals surface area contributed by atoms with Crippen molar-refractivity contribution in [1.82, 2.24) is 9.38 Å². The van der Waals surface area contributed by atoms with Crippen molar-refractivity contribution in [3.8, 4) is 0 Å². The van der Waals surface area contributed by atoms with Gasteiger partial charge in [0.2, 0.25) is 0 Å². The van der Waals surface area contributed by atoms with Gasteiger partial charge in [0.1, 0.15) is 5.65 Å². The predicted octanol–water partition coefficient (Wildman–Crippen LogP) is 1.68. The first-order valence-corrected chi connectivity index (χ1v) is 6.02. The third-order valence-corrected chi connectivity index (χ3v) is 3.01. The molecule has 2 heterocycles. The quantitative estimate of drug-likeness (QED) is 0.872. The highest BCUT2D eigenvalue weighted by atomic mass is 15.2. The lowest BCUT2D eigenvalue weighted by atomic mass is 10.1. The van der Waals surface area contributed by atoms with Crippen LogP contribution in [0.3, 0.4) is 0 Å². The van der Waals surface area contributed by atoms with Crippen molar-refractivity contribution in [2.75, 3.05) is 19.0 Å². The first kappa shape index (κ1) is 11.9. The van der Waals surface area contributed by atoms with Gasteiger partial charge in [-0.25, -0.2) is 4.98 Å². The van der Waals surface area contributed by atoms with E-state index in [9.17, 15) is 0 Å². The molecule has 1 atom stereocenters. The molecule has 0 aliphatic heterocycles. The normalized spacial score (nSPS) is 12.9. The molecule has 0 spiro atoms. The van der Waals surface area contributed by atoms with E-state index in [0.29, 0.717) is 0 Å². The topological polar surface area (TPSA) is 46.6 Å². The molecule has 17 heavy (non-hydrogen) atoms. The van der Waals surface area contributed by atoms with Crippen LogP contribution in [0.15, 0.2) is 24.4 Å². The number of pyridine rings is 1. The molecule has 2 rings (SSSR count). The van der Waals surface area contributed by atoms with Gasteiger partial charge in [-0.2, -0.15) is 0 Å². The second-order valence-corrected chi connectivity index (χ2v) is 4.58. The van der Waals surface area contributed by atoms with Crippen LogP contribution in [0.25, 0.3) is 5.65 Å². The van der Waals surface area contributed by atoms with Gasteiger partial charge in [-0.3, -0.25) is 0 Å². The Labute approximate surface area is 102 Å². The van der Waals surface area contributed by atoms with Crippen molar-refractivity contribution in [1.29, 1.82) is 0 Å². The van der Waals surface area contributed by atoms with Gasteiger partial charge in [0.25, 0.3) is 0 Å². The van der Waals surface area contributed by atoms with Crippen LogP contribution in [0, 0.1) is 0 Å². The molecule has 0 amide bonds. The van der Waals surface area contributed by atoms with E-state index in [-0.39, 0.29) is 6.04 Å². The Bertz CT molecular complexity index is 501. The number of aromatic nitrogens is 2. The number of hydrogen-bond acceptors (Lipinski definition) is 3. The summed E-state index contributed by atoms with van der Waals surface area (Å²) in [5.41, 5.74) is 8.24. The van der Waals surface area contributed by atoms with Crippen LogP contribution in [-0.4, -0.2) is 29.5 Å². The molecule has 0 aromatic carbocycles. The molecule has 1 unspecified atom stereocenters. The van der Waals surface area contributed by atoms with Gasteiger partial charge in [0, 0.05) is 32.8 Å². The Morgan fingerprint density at radius 3 is 2.82 bits per heavy atom. The summed E-state index contributed by atoms with van der Waals surface area (Å²) in [6.45, 7) is 2.11. The SMILES string of the molecule is CCC(N)Cc1c(N(C)C)nc2ccccn12. The molecule has 0 aliphatic carbocycles. The smallest absolute Gasteiger partial charge is 0.150 e. The molecule has 0 radical (unpaired) electrons. The number of hydrogen-bond donors (Lipinski definition) is 1. The first-order chi connectivity index (χ1) is 8.13. The largest absolute Gasteiger partial charge is 0.361 e. The molecular weight excluding hydrogens is 212 g/mol. The van der Waals surface area contributed by atoms with Gasteiger partial charge < -0.3 is 15.0 Å². The highest BCUT2D eigenvalue weighted by molar-refractivity contribution is 5.55. The van der Waals surface area contributed by atoms with Crippen molar-refractivity contribution < 1.29 is 0 Å². The van der Waals surface area contributed by atoms with Gasteiger partial charge in [0.15, 0.2) is 5.82 Å². The molecule has 4 nitrogen and oxygen atoms in total. The fourth-order valence-electron chi connectivity index (χ4n) is 1.97. The van der Waals surface area contributed by atoms with E-state index in [1.54, 1.807) is 0 Å². The maximum atomic E-state index is 6.06. The molecule has 2 aromatic heterocycles. The molecule has 0 aliphatic rings. The lowest BCUT2D eigenvalue weighted by Gasteiger charge is -2.14. The van der Waals surface area contributed by atoms with Crippen molar-refractivity contribution in [3.05, 3.63) is 30.1 Å². The average Bonchev–Trinajstić information content (AvgIpc) is 2.68. The molecule has 0 saturated carbocycles. The number of anilines is 1. The monoisotopic (exact) mass is 232 g/mol. The molecule has 2 N–H and O–H groups in total. The van der Waals surface area contributed by atoms with Crippen molar-refractivity contribution in [2.45, 2.75) is 25.8 Å². The van der Waals surface area contributed by atoms with Gasteiger partial charge in [0.05, 0.1) is 5.69 Å². The summed E-state index contributed by atoms with van der Waals surface area (Å²) in [7, 11) is 4.03. The van der Waals surface area contributed by atoms with Crippen molar-refractivity contribution >= 4 is 11.5 Å². The predicted molar refractivity (Wildman–Crippen MR) is 71.5 cm³/mol. The maximum Gasteiger partial charge on any atom is 0.150 e. The van der Waals surface area contributed by atoms with Crippen LogP contribution in [0.5, 0.6) is 0 Å². The Kier molecular flexibility index (Phi) is 3.33. The van der Waals surface area contributed by atoms with E-state index in [1.807, 2.05) is 43.4 Å². The average molecular weight is 232 g/mol. The minimum Gasteiger partial charge on any atom is -0.361 e. The Morgan fingerprint density at radius 1 is 1.41 bits per heavy atom. The number of fused-ring (bicyclic) bond motifs is 1. The van der Waals surface area contributed by atoms with E-state index in [4.69, 9.17) is 5.73 Å². The van der Waals surface area contributed by atoms with Crippen molar-refractivity contribution in [2.24, 2.45) is 5.73 Å². The standard InChI is InChI=1S/C13H20N4/c1-4-10(14)9-11-13(16(2)3)15-12-7-5-6-8-17(11)12/h5-8,10H,4,9,14H2,1-3H3. The fourth-order valence-corrected chi connectivity index (χ4v) is 1.97. The van der Waals surface area contributed by atoms with Gasteiger partial charge in [-0.1, -0.05) is 13.0 Å². The summed E-state index contributed by atoms with van der Waals surface area (Å²) in [6, 6.07) is 6.24. The molecule has 2 aromatic rings. The van der Waals surface area contributed by atoms with E-state index >= 15 is 0 Å². The molecule has 0 saturated heterocycles. The molecule has 0 bridgehead atoms. The molecular formula is C13H20N4. The number of nitrogens with zero attached hydrogens (tertiary/aromatic N) is 3. The summed E-state index contributed by atoms with van der Waals surface area (Å²) < 4.78 is 2.13. The summed E-state index contributed by atoms with van der Waals surface area (Å²) in [5.74, 6) is 1.01. The number of nitrogens with two attached hydrogens (primary N) is 1. The molecule has 4 heteroatoms. The fraction of sp³-hybridized carbons (Fsp3) is 0.462. The minimum absolute atomic E-state index is 0.189. The van der Waals surface area contributed by atoms with E-state index in [0.717, 1.165) is 24.3 Å². The van der Waals surface area contributed by atoms with Crippen LogP contribution in [0.1, 0.15) is 19.0 Å². The second-order valence-electron chi connectivity index (χ2n) is 4.58. The Balaban J connectivity index is 2.52. The Hall–Kier alpha value is -1.55. The number of rotatable bonds is 4. The van der Waals surface area contributed by atoms with Gasteiger partial charge in [-0.15, -0.1) is 0 Å². The van der Waals surface area contributed by atoms with E-state index < -0.39 is 0 Å².